The molecule has 0 aliphatic carbocycles. The molecule has 2 nitrogen and oxygen atoms in total. The van der Waals surface area contributed by atoms with Gasteiger partial charge in [-0.25, -0.2) is 8.78 Å². The van der Waals surface area contributed by atoms with Crippen LogP contribution in [0.15, 0.2) is 18.3 Å². The molecule has 2 rings (SSSR count). The van der Waals surface area contributed by atoms with Crippen molar-refractivity contribution in [3.05, 3.63) is 41.1 Å². The largest absolute Gasteiger partial charge is 0.332 e. The molecule has 1 amide bonds. The van der Waals surface area contributed by atoms with Crippen LogP contribution in [-0.2, 0) is 11.2 Å². The van der Waals surface area contributed by atoms with E-state index in [-0.39, 0.29) is 17.9 Å². The summed E-state index contributed by atoms with van der Waals surface area (Å²) in [4.78, 5) is 11.1. The predicted octanol–water partition coefficient (Wildman–Crippen LogP) is 1.61. The second-order valence-electron chi connectivity index (χ2n) is 3.01. The lowest BCUT2D eigenvalue weighted by molar-refractivity contribution is -0.119. The first-order chi connectivity index (χ1) is 6.68. The van der Waals surface area contributed by atoms with E-state index in [0.717, 1.165) is 6.07 Å². The third-order valence-electron chi connectivity index (χ3n) is 2.08. The highest BCUT2D eigenvalue weighted by Crippen LogP contribution is 2.20. The van der Waals surface area contributed by atoms with Crippen molar-refractivity contribution in [3.63, 3.8) is 0 Å². The molecule has 0 radical (unpaired) electrons. The quantitative estimate of drug-likeness (QED) is 0.669. The van der Waals surface area contributed by atoms with Crippen LogP contribution in [0.4, 0.5) is 8.78 Å². The number of carbonyl (C=O) groups excluding carboxylic acids is 1. The topological polar surface area (TPSA) is 29.1 Å². The Labute approximate surface area is 79.2 Å². The number of hydrogen-bond acceptors (Lipinski definition) is 1. The number of benzene rings is 1. The molecule has 0 aromatic heterocycles. The first-order valence-electron chi connectivity index (χ1n) is 4.11. The fourth-order valence-corrected chi connectivity index (χ4v) is 1.38. The lowest BCUT2D eigenvalue weighted by atomic mass is 10.0. The highest BCUT2D eigenvalue weighted by atomic mass is 19.2. The Hall–Kier alpha value is -1.71. The smallest absolute Gasteiger partial charge is 0.228 e. The number of fused-ring (bicyclic) bond motifs is 1. The Morgan fingerprint density at radius 3 is 2.86 bits per heavy atom. The minimum Gasteiger partial charge on any atom is -0.332 e. The van der Waals surface area contributed by atoms with Gasteiger partial charge in [-0.2, -0.15) is 0 Å². The third kappa shape index (κ3) is 1.39. The summed E-state index contributed by atoms with van der Waals surface area (Å²) in [5.41, 5.74) is 0.638. The fraction of sp³-hybridized carbons (Fsp3) is 0.100. The van der Waals surface area contributed by atoms with E-state index in [1.54, 1.807) is 6.08 Å². The van der Waals surface area contributed by atoms with Crippen LogP contribution in [0.1, 0.15) is 11.1 Å². The van der Waals surface area contributed by atoms with Crippen molar-refractivity contribution in [1.29, 1.82) is 0 Å². The molecule has 4 heteroatoms. The standard InChI is InChI=1S/C10H7F2NO/c11-8-2-1-6-3-4-13-9(14)5-7(6)10(8)12/h1-4H,5H2,(H,13,14). The Morgan fingerprint density at radius 1 is 1.29 bits per heavy atom. The van der Waals surface area contributed by atoms with Crippen LogP contribution in [0.25, 0.3) is 6.08 Å². The van der Waals surface area contributed by atoms with Crippen molar-refractivity contribution < 1.29 is 13.6 Å². The zero-order chi connectivity index (χ0) is 10.1. The van der Waals surface area contributed by atoms with E-state index < -0.39 is 11.6 Å². The van der Waals surface area contributed by atoms with Gasteiger partial charge in [-0.1, -0.05) is 6.07 Å². The van der Waals surface area contributed by atoms with Crippen molar-refractivity contribution in [2.75, 3.05) is 0 Å². The van der Waals surface area contributed by atoms with Crippen molar-refractivity contribution in [2.45, 2.75) is 6.42 Å². The molecule has 0 bridgehead atoms. The van der Waals surface area contributed by atoms with Gasteiger partial charge in [0, 0.05) is 11.8 Å². The van der Waals surface area contributed by atoms with Gasteiger partial charge < -0.3 is 5.32 Å². The lowest BCUT2D eigenvalue weighted by Crippen LogP contribution is -2.18. The van der Waals surface area contributed by atoms with Crippen LogP contribution in [0, 0.1) is 11.6 Å². The summed E-state index contributed by atoms with van der Waals surface area (Å²) in [6.45, 7) is 0. The van der Waals surface area contributed by atoms with E-state index in [4.69, 9.17) is 0 Å². The maximum absolute atomic E-state index is 13.2. The van der Waals surface area contributed by atoms with Crippen LogP contribution in [0.2, 0.25) is 0 Å². The molecule has 14 heavy (non-hydrogen) atoms. The second kappa shape index (κ2) is 3.21. The van der Waals surface area contributed by atoms with Gasteiger partial charge >= 0.3 is 0 Å². The SMILES string of the molecule is O=C1Cc2c(ccc(F)c2F)C=CN1. The first kappa shape index (κ1) is 8.87. The van der Waals surface area contributed by atoms with Gasteiger partial charge in [-0.15, -0.1) is 0 Å². The molecular weight excluding hydrogens is 188 g/mol. The normalized spacial score (nSPS) is 14.6. The number of rotatable bonds is 0. The lowest BCUT2D eigenvalue weighted by Gasteiger charge is -2.04. The zero-order valence-corrected chi connectivity index (χ0v) is 7.18. The molecule has 0 fully saturated rings. The molecule has 0 unspecified atom stereocenters. The summed E-state index contributed by atoms with van der Waals surface area (Å²) in [6.07, 6.45) is 2.83. The van der Waals surface area contributed by atoms with E-state index in [2.05, 4.69) is 5.32 Å². The first-order valence-corrected chi connectivity index (χ1v) is 4.11. The van der Waals surface area contributed by atoms with E-state index in [1.165, 1.54) is 12.3 Å². The third-order valence-corrected chi connectivity index (χ3v) is 2.08. The summed E-state index contributed by atoms with van der Waals surface area (Å²) in [5.74, 6) is -2.21. The number of halogens is 2. The Balaban J connectivity index is 2.60. The summed E-state index contributed by atoms with van der Waals surface area (Å²) < 4.78 is 26.1. The molecule has 1 aromatic carbocycles. The predicted molar refractivity (Wildman–Crippen MR) is 47.2 cm³/mol. The van der Waals surface area contributed by atoms with Crippen molar-refractivity contribution in [1.82, 2.24) is 5.32 Å². The average Bonchev–Trinajstić information content (AvgIpc) is 2.34. The number of nitrogens with one attached hydrogen (secondary N) is 1. The van der Waals surface area contributed by atoms with E-state index in [9.17, 15) is 13.6 Å². The van der Waals surface area contributed by atoms with Gasteiger partial charge in [0.05, 0.1) is 6.42 Å². The van der Waals surface area contributed by atoms with Crippen LogP contribution in [0.5, 0.6) is 0 Å². The summed E-state index contributed by atoms with van der Waals surface area (Å²) in [7, 11) is 0. The molecule has 0 spiro atoms. The average molecular weight is 195 g/mol. The second-order valence-corrected chi connectivity index (χ2v) is 3.01. The molecule has 0 saturated heterocycles. The van der Waals surface area contributed by atoms with Gasteiger partial charge in [-0.3, -0.25) is 4.79 Å². The number of amides is 1. The van der Waals surface area contributed by atoms with E-state index >= 15 is 0 Å². The molecule has 1 aromatic rings. The number of carbonyl (C=O) groups is 1. The molecule has 0 atom stereocenters. The highest BCUT2D eigenvalue weighted by molar-refractivity contribution is 5.83. The molecular formula is C10H7F2NO. The van der Waals surface area contributed by atoms with Crippen molar-refractivity contribution in [2.24, 2.45) is 0 Å². The van der Waals surface area contributed by atoms with E-state index in [0.29, 0.717) is 5.56 Å². The molecule has 1 heterocycles. The summed E-state index contributed by atoms with van der Waals surface area (Å²) >= 11 is 0. The van der Waals surface area contributed by atoms with Crippen LogP contribution in [0.3, 0.4) is 0 Å². The van der Waals surface area contributed by atoms with E-state index in [1.807, 2.05) is 0 Å². The fourth-order valence-electron chi connectivity index (χ4n) is 1.38. The van der Waals surface area contributed by atoms with Crippen LogP contribution in [-0.4, -0.2) is 5.91 Å². The molecule has 0 saturated carbocycles. The maximum Gasteiger partial charge on any atom is 0.228 e. The zero-order valence-electron chi connectivity index (χ0n) is 7.18. The Kier molecular flexibility index (Phi) is 2.04. The summed E-state index contributed by atoms with van der Waals surface area (Å²) in [5, 5.41) is 2.43. The Morgan fingerprint density at radius 2 is 2.07 bits per heavy atom. The summed E-state index contributed by atoms with van der Waals surface area (Å²) in [6, 6.07) is 2.50. The Bertz CT molecular complexity index is 426. The van der Waals surface area contributed by atoms with Crippen molar-refractivity contribution in [3.8, 4) is 0 Å². The van der Waals surface area contributed by atoms with Crippen molar-refractivity contribution >= 4 is 12.0 Å². The minimum absolute atomic E-state index is 0.108. The molecule has 1 aliphatic heterocycles. The molecule has 1 N–H and O–H groups in total. The van der Waals surface area contributed by atoms with Gasteiger partial charge in [0.2, 0.25) is 5.91 Å². The monoisotopic (exact) mass is 195 g/mol. The maximum atomic E-state index is 13.2. The molecule has 72 valence electrons. The van der Waals surface area contributed by atoms with Gasteiger partial charge in [0.1, 0.15) is 0 Å². The molecule has 1 aliphatic rings. The van der Waals surface area contributed by atoms with Gasteiger partial charge in [-0.05, 0) is 17.7 Å². The van der Waals surface area contributed by atoms with Crippen LogP contribution < -0.4 is 5.32 Å². The minimum atomic E-state index is -0.941. The highest BCUT2D eigenvalue weighted by Gasteiger charge is 2.16. The number of hydrogen-bond donors (Lipinski definition) is 1. The van der Waals surface area contributed by atoms with Crippen LogP contribution >= 0.6 is 0 Å². The van der Waals surface area contributed by atoms with Gasteiger partial charge in [0.25, 0.3) is 0 Å². The van der Waals surface area contributed by atoms with Gasteiger partial charge in [0.15, 0.2) is 11.6 Å².